The fourth-order valence-electron chi connectivity index (χ4n) is 3.52. The smallest absolute Gasteiger partial charge is 0.260 e. The Labute approximate surface area is 155 Å². The van der Waals surface area contributed by atoms with Gasteiger partial charge in [-0.25, -0.2) is 0 Å². The lowest BCUT2D eigenvalue weighted by Gasteiger charge is -2.18. The molecule has 136 valence electrons. The first-order chi connectivity index (χ1) is 13.1. The summed E-state index contributed by atoms with van der Waals surface area (Å²) in [6, 6.07) is 16.9. The molecule has 1 aromatic heterocycles. The average Bonchev–Trinajstić information content (AvgIpc) is 3.01. The number of likely N-dealkylation sites (tertiary alicyclic amines) is 1. The Morgan fingerprint density at radius 3 is 2.74 bits per heavy atom. The predicted molar refractivity (Wildman–Crippen MR) is 102 cm³/mol. The molecule has 2 N–H and O–H groups in total. The van der Waals surface area contributed by atoms with Gasteiger partial charge in [-0.3, -0.25) is 14.4 Å². The van der Waals surface area contributed by atoms with Crippen molar-refractivity contribution in [1.82, 2.24) is 15.2 Å². The zero-order valence-electron chi connectivity index (χ0n) is 14.6. The Kier molecular flexibility index (Phi) is 4.46. The normalized spacial score (nSPS) is 16.7. The van der Waals surface area contributed by atoms with Gasteiger partial charge in [0, 0.05) is 25.7 Å². The summed E-state index contributed by atoms with van der Waals surface area (Å²) < 4.78 is 0. The van der Waals surface area contributed by atoms with Crippen LogP contribution in [0.4, 0.5) is 0 Å². The van der Waals surface area contributed by atoms with Crippen molar-refractivity contribution < 1.29 is 9.59 Å². The van der Waals surface area contributed by atoms with Gasteiger partial charge in [0.15, 0.2) is 0 Å². The summed E-state index contributed by atoms with van der Waals surface area (Å²) in [5.74, 6) is -0.461. The minimum Gasteiger partial charge on any atom is -0.347 e. The van der Waals surface area contributed by atoms with Gasteiger partial charge in [-0.1, -0.05) is 42.5 Å². The number of benzene rings is 2. The van der Waals surface area contributed by atoms with Crippen LogP contribution >= 0.6 is 0 Å². The van der Waals surface area contributed by atoms with Gasteiger partial charge >= 0.3 is 0 Å². The SMILES string of the molecule is O=C(NC1CC(=O)N(Cc2cccc3ccccc23)C1)c1ccc[nH]c1=O. The van der Waals surface area contributed by atoms with Gasteiger partial charge in [0.25, 0.3) is 11.5 Å². The molecule has 3 aromatic rings. The van der Waals surface area contributed by atoms with Crippen molar-refractivity contribution in [2.75, 3.05) is 6.54 Å². The molecule has 0 bridgehead atoms. The maximum Gasteiger partial charge on any atom is 0.260 e. The molecule has 6 nitrogen and oxygen atoms in total. The van der Waals surface area contributed by atoms with Crippen LogP contribution in [0.25, 0.3) is 10.8 Å². The van der Waals surface area contributed by atoms with Gasteiger partial charge < -0.3 is 15.2 Å². The lowest BCUT2D eigenvalue weighted by atomic mass is 10.0. The topological polar surface area (TPSA) is 82.3 Å². The van der Waals surface area contributed by atoms with E-state index < -0.39 is 11.5 Å². The summed E-state index contributed by atoms with van der Waals surface area (Å²) in [7, 11) is 0. The second-order valence-corrected chi connectivity index (χ2v) is 6.70. The van der Waals surface area contributed by atoms with E-state index in [0.717, 1.165) is 16.3 Å². The van der Waals surface area contributed by atoms with Crippen LogP contribution in [0.15, 0.2) is 65.6 Å². The third-order valence-electron chi connectivity index (χ3n) is 4.85. The average molecular weight is 361 g/mol. The molecule has 0 saturated carbocycles. The first-order valence-electron chi connectivity index (χ1n) is 8.85. The number of hydrogen-bond donors (Lipinski definition) is 2. The Bertz CT molecular complexity index is 1070. The lowest BCUT2D eigenvalue weighted by molar-refractivity contribution is -0.128. The molecule has 0 radical (unpaired) electrons. The summed E-state index contributed by atoms with van der Waals surface area (Å²) >= 11 is 0. The molecule has 1 saturated heterocycles. The van der Waals surface area contributed by atoms with Crippen molar-refractivity contribution in [2.45, 2.75) is 19.0 Å². The fourth-order valence-corrected chi connectivity index (χ4v) is 3.52. The monoisotopic (exact) mass is 361 g/mol. The first-order valence-corrected chi connectivity index (χ1v) is 8.85. The number of nitrogens with one attached hydrogen (secondary N) is 2. The Morgan fingerprint density at radius 1 is 1.07 bits per heavy atom. The van der Waals surface area contributed by atoms with E-state index in [1.165, 1.54) is 12.3 Å². The number of carbonyl (C=O) groups excluding carboxylic acids is 2. The zero-order chi connectivity index (χ0) is 18.8. The Morgan fingerprint density at radius 2 is 1.89 bits per heavy atom. The highest BCUT2D eigenvalue weighted by atomic mass is 16.2. The van der Waals surface area contributed by atoms with Crippen LogP contribution in [0.1, 0.15) is 22.3 Å². The van der Waals surface area contributed by atoms with E-state index in [-0.39, 0.29) is 23.9 Å². The lowest BCUT2D eigenvalue weighted by Crippen LogP contribution is -2.39. The minimum absolute atomic E-state index is 0.00444. The van der Waals surface area contributed by atoms with E-state index in [2.05, 4.69) is 10.3 Å². The number of aromatic amines is 1. The van der Waals surface area contributed by atoms with Crippen LogP contribution in [0.2, 0.25) is 0 Å². The molecular weight excluding hydrogens is 342 g/mol. The number of pyridine rings is 1. The van der Waals surface area contributed by atoms with Crippen LogP contribution in [0, 0.1) is 0 Å². The largest absolute Gasteiger partial charge is 0.347 e. The van der Waals surface area contributed by atoms with Crippen molar-refractivity contribution in [2.24, 2.45) is 0 Å². The van der Waals surface area contributed by atoms with Gasteiger partial charge in [-0.15, -0.1) is 0 Å². The summed E-state index contributed by atoms with van der Waals surface area (Å²) in [6.45, 7) is 0.928. The van der Waals surface area contributed by atoms with E-state index in [0.29, 0.717) is 13.1 Å². The van der Waals surface area contributed by atoms with Gasteiger partial charge in [-0.2, -0.15) is 0 Å². The van der Waals surface area contributed by atoms with E-state index in [4.69, 9.17) is 0 Å². The Balaban J connectivity index is 1.47. The molecule has 0 spiro atoms. The number of aromatic nitrogens is 1. The van der Waals surface area contributed by atoms with Crippen molar-refractivity contribution in [3.63, 3.8) is 0 Å². The maximum absolute atomic E-state index is 12.4. The maximum atomic E-state index is 12.4. The standard InChI is InChI=1S/C21H19N3O3/c25-19-11-16(23-21(27)18-9-4-10-22-20(18)26)13-24(19)12-15-7-3-6-14-5-1-2-8-17(14)15/h1-10,16H,11-13H2,(H,22,26)(H,23,27). The van der Waals surface area contributed by atoms with Gasteiger partial charge in [-0.05, 0) is 28.5 Å². The molecule has 2 aromatic carbocycles. The first kappa shape index (κ1) is 17.0. The third kappa shape index (κ3) is 3.46. The Hall–Kier alpha value is -3.41. The molecule has 2 amide bonds. The molecule has 27 heavy (non-hydrogen) atoms. The van der Waals surface area contributed by atoms with Gasteiger partial charge in [0.1, 0.15) is 5.56 Å². The highest BCUT2D eigenvalue weighted by molar-refractivity contribution is 5.94. The van der Waals surface area contributed by atoms with Crippen molar-refractivity contribution in [3.8, 4) is 0 Å². The molecule has 1 atom stereocenters. The van der Waals surface area contributed by atoms with Crippen LogP contribution < -0.4 is 10.9 Å². The number of fused-ring (bicyclic) bond motifs is 1. The van der Waals surface area contributed by atoms with Crippen LogP contribution in [-0.4, -0.2) is 34.3 Å². The molecule has 1 unspecified atom stereocenters. The summed E-state index contributed by atoms with van der Waals surface area (Å²) in [5, 5.41) is 5.05. The number of hydrogen-bond acceptors (Lipinski definition) is 3. The second kappa shape index (κ2) is 7.07. The van der Waals surface area contributed by atoms with Gasteiger partial charge in [0.05, 0.1) is 6.04 Å². The number of H-pyrrole nitrogens is 1. The highest BCUT2D eigenvalue weighted by Gasteiger charge is 2.31. The molecule has 0 aliphatic carbocycles. The van der Waals surface area contributed by atoms with Crippen molar-refractivity contribution in [1.29, 1.82) is 0 Å². The second-order valence-electron chi connectivity index (χ2n) is 6.70. The molecule has 2 heterocycles. The van der Waals surface area contributed by atoms with E-state index in [9.17, 15) is 14.4 Å². The summed E-state index contributed by atoms with van der Waals surface area (Å²) in [4.78, 5) is 40.7. The van der Waals surface area contributed by atoms with Crippen LogP contribution in [0.5, 0.6) is 0 Å². The quantitative estimate of drug-likeness (QED) is 0.746. The molecule has 6 heteroatoms. The zero-order valence-corrected chi connectivity index (χ0v) is 14.6. The molecule has 1 aliphatic heterocycles. The molecule has 1 aliphatic rings. The predicted octanol–water partition coefficient (Wildman–Crippen LogP) is 2.06. The van der Waals surface area contributed by atoms with Crippen molar-refractivity contribution in [3.05, 3.63) is 82.3 Å². The van der Waals surface area contributed by atoms with Crippen molar-refractivity contribution >= 4 is 22.6 Å². The molecule has 1 fully saturated rings. The summed E-state index contributed by atoms with van der Waals surface area (Å²) in [6.07, 6.45) is 1.71. The van der Waals surface area contributed by atoms with E-state index in [1.807, 2.05) is 42.5 Å². The number of amides is 2. The minimum atomic E-state index is -0.457. The number of nitrogens with zero attached hydrogens (tertiary/aromatic N) is 1. The van der Waals surface area contributed by atoms with Crippen LogP contribution in [-0.2, 0) is 11.3 Å². The van der Waals surface area contributed by atoms with Crippen LogP contribution in [0.3, 0.4) is 0 Å². The van der Waals surface area contributed by atoms with E-state index in [1.54, 1.807) is 11.0 Å². The number of rotatable bonds is 4. The van der Waals surface area contributed by atoms with Gasteiger partial charge in [0.2, 0.25) is 5.91 Å². The molecular formula is C21H19N3O3. The van der Waals surface area contributed by atoms with E-state index >= 15 is 0 Å². The highest BCUT2D eigenvalue weighted by Crippen LogP contribution is 2.22. The number of carbonyl (C=O) groups is 2. The summed E-state index contributed by atoms with van der Waals surface area (Å²) in [5.41, 5.74) is 0.692. The fraction of sp³-hybridized carbons (Fsp3) is 0.190. The third-order valence-corrected chi connectivity index (χ3v) is 4.85. The molecule has 4 rings (SSSR count).